The average Bonchev–Trinajstić information content (AvgIpc) is 2.75. The molecule has 0 aromatic heterocycles. The van der Waals surface area contributed by atoms with Gasteiger partial charge in [-0.15, -0.1) is 0 Å². The molecule has 0 saturated heterocycles. The van der Waals surface area contributed by atoms with Crippen LogP contribution in [0.5, 0.6) is 17.2 Å². The molecule has 0 amide bonds. The van der Waals surface area contributed by atoms with Crippen LogP contribution >= 0.6 is 0 Å². The highest BCUT2D eigenvalue weighted by atomic mass is 16.5. The van der Waals surface area contributed by atoms with Crippen LogP contribution in [0.15, 0.2) is 66.2 Å². The smallest absolute Gasteiger partial charge is 0.346 e. The van der Waals surface area contributed by atoms with Crippen LogP contribution in [0, 0.1) is 11.3 Å². The molecule has 3 rings (SSSR count). The predicted molar refractivity (Wildman–Crippen MR) is 109 cm³/mol. The molecule has 0 saturated carbocycles. The number of benzene rings is 3. The first-order valence-corrected chi connectivity index (χ1v) is 8.88. The summed E-state index contributed by atoms with van der Waals surface area (Å²) in [5.74, 6) is 0.395. The highest BCUT2D eigenvalue weighted by Gasteiger charge is 2.10. The molecule has 0 aliphatic carbocycles. The quantitative estimate of drug-likeness (QED) is 0.351. The number of hydrogen-bond acceptors (Lipinski definition) is 5. The molecule has 29 heavy (non-hydrogen) atoms. The number of nitrogens with zero attached hydrogens (tertiary/aromatic N) is 1. The zero-order chi connectivity index (χ0) is 20.6. The first-order chi connectivity index (χ1) is 14.1. The number of aliphatic carboxylic acids is 1. The van der Waals surface area contributed by atoms with Gasteiger partial charge in [-0.2, -0.15) is 5.26 Å². The van der Waals surface area contributed by atoms with E-state index in [0.717, 1.165) is 16.5 Å². The fourth-order valence-corrected chi connectivity index (χ4v) is 2.75. The van der Waals surface area contributed by atoms with E-state index in [0.29, 0.717) is 23.7 Å². The van der Waals surface area contributed by atoms with E-state index in [1.54, 1.807) is 24.3 Å². The van der Waals surface area contributed by atoms with E-state index in [2.05, 4.69) is 0 Å². The van der Waals surface area contributed by atoms with Gasteiger partial charge in [-0.25, -0.2) is 4.79 Å². The number of ether oxygens (including phenoxy) is 3. The third-order valence-electron chi connectivity index (χ3n) is 4.20. The van der Waals surface area contributed by atoms with Gasteiger partial charge >= 0.3 is 5.97 Å². The second-order valence-corrected chi connectivity index (χ2v) is 6.08. The van der Waals surface area contributed by atoms with Gasteiger partial charge in [-0.05, 0) is 41.1 Å². The van der Waals surface area contributed by atoms with Gasteiger partial charge in [0.15, 0.2) is 0 Å². The molecule has 1 N–H and O–H groups in total. The summed E-state index contributed by atoms with van der Waals surface area (Å²) in [6.45, 7) is 0.526. The topological polar surface area (TPSA) is 88.8 Å². The molecule has 6 heteroatoms. The van der Waals surface area contributed by atoms with Crippen LogP contribution in [0.25, 0.3) is 16.8 Å². The van der Waals surface area contributed by atoms with Gasteiger partial charge < -0.3 is 19.3 Å². The SMILES string of the molecule is COc1ccc(C=C(C#N)C(=O)O)c(OCCOc2ccc3ccccc3c2)c1. The van der Waals surface area contributed by atoms with Crippen molar-refractivity contribution in [2.24, 2.45) is 0 Å². The van der Waals surface area contributed by atoms with Crippen LogP contribution < -0.4 is 14.2 Å². The molecule has 0 unspecified atom stereocenters. The van der Waals surface area contributed by atoms with Gasteiger partial charge in [0, 0.05) is 11.6 Å². The van der Waals surface area contributed by atoms with E-state index in [9.17, 15) is 4.79 Å². The van der Waals surface area contributed by atoms with Gasteiger partial charge in [-0.1, -0.05) is 30.3 Å². The second-order valence-electron chi connectivity index (χ2n) is 6.08. The molecule has 6 nitrogen and oxygen atoms in total. The lowest BCUT2D eigenvalue weighted by atomic mass is 10.1. The summed E-state index contributed by atoms with van der Waals surface area (Å²) in [4.78, 5) is 11.1. The van der Waals surface area contributed by atoms with Crippen LogP contribution in [0.1, 0.15) is 5.56 Å². The standard InChI is InChI=1S/C23H19NO5/c1-27-20-8-7-18(12-19(15-24)23(25)26)22(14-20)29-11-10-28-21-9-6-16-4-2-3-5-17(16)13-21/h2-9,12-14H,10-11H2,1H3,(H,25,26). The Bertz CT molecular complexity index is 1100. The van der Waals surface area contributed by atoms with Crippen LogP contribution in [0.3, 0.4) is 0 Å². The van der Waals surface area contributed by atoms with E-state index < -0.39 is 5.97 Å². The third kappa shape index (κ3) is 5.05. The Morgan fingerprint density at radius 2 is 1.72 bits per heavy atom. The molecule has 0 fully saturated rings. The Morgan fingerprint density at radius 3 is 2.45 bits per heavy atom. The van der Waals surface area contributed by atoms with E-state index in [1.165, 1.54) is 13.2 Å². The molecule has 0 bridgehead atoms. The largest absolute Gasteiger partial charge is 0.497 e. The Balaban J connectivity index is 1.68. The second kappa shape index (κ2) is 9.29. The summed E-state index contributed by atoms with van der Waals surface area (Å²) < 4.78 is 16.7. The van der Waals surface area contributed by atoms with Gasteiger partial charge in [0.2, 0.25) is 0 Å². The third-order valence-corrected chi connectivity index (χ3v) is 4.20. The lowest BCUT2D eigenvalue weighted by molar-refractivity contribution is -0.132. The number of methoxy groups -OCH3 is 1. The lowest BCUT2D eigenvalue weighted by Crippen LogP contribution is -2.10. The van der Waals surface area contributed by atoms with Crippen molar-refractivity contribution >= 4 is 22.8 Å². The monoisotopic (exact) mass is 389 g/mol. The van der Waals surface area contributed by atoms with Crippen LogP contribution in [-0.2, 0) is 4.79 Å². The molecule has 0 spiro atoms. The number of fused-ring (bicyclic) bond motifs is 1. The number of carboxylic acid groups (broad SMARTS) is 1. The predicted octanol–water partition coefficient (Wildman–Crippen LogP) is 4.30. The fourth-order valence-electron chi connectivity index (χ4n) is 2.75. The van der Waals surface area contributed by atoms with Crippen molar-refractivity contribution in [1.29, 1.82) is 5.26 Å². The highest BCUT2D eigenvalue weighted by molar-refractivity contribution is 5.96. The van der Waals surface area contributed by atoms with Gasteiger partial charge in [-0.3, -0.25) is 0 Å². The fraction of sp³-hybridized carbons (Fsp3) is 0.130. The number of carboxylic acids is 1. The summed E-state index contributed by atoms with van der Waals surface area (Å²) in [5.41, 5.74) is 0.0860. The Labute approximate surface area is 168 Å². The Kier molecular flexibility index (Phi) is 6.33. The van der Waals surface area contributed by atoms with Gasteiger partial charge in [0.25, 0.3) is 0 Å². The summed E-state index contributed by atoms with van der Waals surface area (Å²) in [5, 5.41) is 20.3. The van der Waals surface area contributed by atoms with E-state index >= 15 is 0 Å². The summed E-state index contributed by atoms with van der Waals surface area (Å²) in [6, 6.07) is 20.5. The number of rotatable bonds is 8. The van der Waals surface area contributed by atoms with Crippen LogP contribution in [-0.4, -0.2) is 31.4 Å². The molecular formula is C23H19NO5. The zero-order valence-electron chi connectivity index (χ0n) is 15.8. The zero-order valence-corrected chi connectivity index (χ0v) is 15.8. The molecule has 0 heterocycles. The molecule has 0 atom stereocenters. The highest BCUT2D eigenvalue weighted by Crippen LogP contribution is 2.27. The minimum absolute atomic E-state index is 0.232. The average molecular weight is 389 g/mol. The molecule has 3 aromatic rings. The molecular weight excluding hydrogens is 370 g/mol. The minimum atomic E-state index is -1.30. The van der Waals surface area contributed by atoms with E-state index in [4.69, 9.17) is 24.6 Å². The lowest BCUT2D eigenvalue weighted by Gasteiger charge is -2.12. The molecule has 3 aromatic carbocycles. The summed E-state index contributed by atoms with van der Waals surface area (Å²) in [6.07, 6.45) is 1.27. The normalized spacial score (nSPS) is 11.0. The molecule has 0 radical (unpaired) electrons. The number of hydrogen-bond donors (Lipinski definition) is 1. The number of carbonyl (C=O) groups is 1. The summed E-state index contributed by atoms with van der Waals surface area (Å²) >= 11 is 0. The van der Waals surface area contributed by atoms with Gasteiger partial charge in [0.05, 0.1) is 7.11 Å². The number of nitriles is 1. The Hall–Kier alpha value is -3.98. The maximum absolute atomic E-state index is 11.1. The van der Waals surface area contributed by atoms with E-state index in [1.807, 2.05) is 42.5 Å². The van der Waals surface area contributed by atoms with Crippen molar-refractivity contribution in [3.8, 4) is 23.3 Å². The maximum Gasteiger partial charge on any atom is 0.346 e. The molecule has 0 aliphatic rings. The Morgan fingerprint density at radius 1 is 1.00 bits per heavy atom. The van der Waals surface area contributed by atoms with Crippen molar-refractivity contribution in [1.82, 2.24) is 0 Å². The van der Waals surface area contributed by atoms with Crippen molar-refractivity contribution in [2.75, 3.05) is 20.3 Å². The first-order valence-electron chi connectivity index (χ1n) is 8.88. The van der Waals surface area contributed by atoms with Crippen LogP contribution in [0.4, 0.5) is 0 Å². The van der Waals surface area contributed by atoms with Crippen molar-refractivity contribution in [3.63, 3.8) is 0 Å². The summed E-state index contributed by atoms with van der Waals surface area (Å²) in [7, 11) is 1.52. The van der Waals surface area contributed by atoms with Crippen molar-refractivity contribution < 1.29 is 24.1 Å². The minimum Gasteiger partial charge on any atom is -0.497 e. The van der Waals surface area contributed by atoms with Crippen LogP contribution in [0.2, 0.25) is 0 Å². The first kappa shape index (κ1) is 19.8. The van der Waals surface area contributed by atoms with Crippen molar-refractivity contribution in [2.45, 2.75) is 0 Å². The maximum atomic E-state index is 11.1. The van der Waals surface area contributed by atoms with Crippen molar-refractivity contribution in [3.05, 3.63) is 71.8 Å². The van der Waals surface area contributed by atoms with Gasteiger partial charge in [0.1, 0.15) is 42.1 Å². The molecule has 146 valence electrons. The van der Waals surface area contributed by atoms with E-state index in [-0.39, 0.29) is 12.2 Å². The molecule has 0 aliphatic heterocycles.